The van der Waals surface area contributed by atoms with Crippen LogP contribution in [0.4, 0.5) is 0 Å². The number of hydrogen-bond donors (Lipinski definition) is 12. The number of nitrogens with two attached hydrogens (primary N) is 2. The molecule has 23 nitrogen and oxygen atoms in total. The summed E-state index contributed by atoms with van der Waals surface area (Å²) in [4.78, 5) is 134. The second-order valence-electron chi connectivity index (χ2n) is 12.6. The molecule has 0 aliphatic carbocycles. The Morgan fingerprint density at radius 3 is 1.24 bits per heavy atom. The van der Waals surface area contributed by atoms with E-state index in [0.717, 1.165) is 0 Å². The number of amides is 11. The van der Waals surface area contributed by atoms with Gasteiger partial charge in [-0.25, -0.2) is 0 Å². The Kier molecular flexibility index (Phi) is 22.5. The molecule has 14 N–H and O–H groups in total. The lowest BCUT2D eigenvalue weighted by Crippen LogP contribution is -2.58. The Hall–Kier alpha value is -5.87. The van der Waals surface area contributed by atoms with Crippen LogP contribution in [0.5, 0.6) is 0 Å². The van der Waals surface area contributed by atoms with E-state index in [2.05, 4.69) is 53.2 Å². The van der Waals surface area contributed by atoms with Gasteiger partial charge >= 0.3 is 0 Å². The lowest BCUT2D eigenvalue weighted by molar-refractivity contribution is -0.135. The smallest absolute Gasteiger partial charge is 0.243 e. The van der Waals surface area contributed by atoms with Gasteiger partial charge in [-0.2, -0.15) is 0 Å². The molecular weight excluding hydrogens is 728 g/mol. The van der Waals surface area contributed by atoms with E-state index in [0.29, 0.717) is 6.42 Å². The molecule has 310 valence electrons. The molecule has 0 unspecified atom stereocenters. The van der Waals surface area contributed by atoms with Crippen molar-refractivity contribution in [1.82, 2.24) is 53.2 Å². The van der Waals surface area contributed by atoms with Crippen molar-refractivity contribution >= 4 is 65.0 Å². The Labute approximate surface area is 318 Å². The summed E-state index contributed by atoms with van der Waals surface area (Å²) in [7, 11) is 0. The molecule has 0 fully saturated rings. The zero-order valence-corrected chi connectivity index (χ0v) is 32.1. The molecule has 0 spiro atoms. The molecule has 0 heterocycles. The van der Waals surface area contributed by atoms with Gasteiger partial charge in [-0.1, -0.05) is 0 Å². The van der Waals surface area contributed by atoms with Crippen molar-refractivity contribution in [3.8, 4) is 0 Å². The third-order valence-corrected chi connectivity index (χ3v) is 7.56. The number of carbonyl (C=O) groups excluding carboxylic acids is 11. The van der Waals surface area contributed by atoms with E-state index in [1.165, 1.54) is 48.5 Å². The molecule has 23 heteroatoms. The van der Waals surface area contributed by atoms with E-state index in [9.17, 15) is 52.7 Å². The van der Waals surface area contributed by atoms with Crippen LogP contribution >= 0.6 is 0 Å². The first-order valence-corrected chi connectivity index (χ1v) is 17.5. The number of hydrogen-bond acceptors (Lipinski definition) is 12. The highest BCUT2D eigenvalue weighted by Crippen LogP contribution is 2.04. The highest BCUT2D eigenvalue weighted by Gasteiger charge is 2.29. The minimum atomic E-state index is -1.26. The number of rotatable bonds is 24. The van der Waals surface area contributed by atoms with Crippen molar-refractivity contribution in [3.63, 3.8) is 0 Å². The third-order valence-electron chi connectivity index (χ3n) is 7.56. The molecule has 0 radical (unpaired) electrons. The van der Waals surface area contributed by atoms with Gasteiger partial charge in [0.15, 0.2) is 0 Å². The average molecular weight is 785 g/mol. The van der Waals surface area contributed by atoms with Gasteiger partial charge in [0, 0.05) is 13.5 Å². The van der Waals surface area contributed by atoms with E-state index in [1.54, 1.807) is 0 Å². The van der Waals surface area contributed by atoms with Gasteiger partial charge in [0.2, 0.25) is 65.0 Å². The number of nitrogens with one attached hydrogen (secondary N) is 10. The molecule has 0 aromatic carbocycles. The van der Waals surface area contributed by atoms with Crippen LogP contribution in [0.2, 0.25) is 0 Å². The lowest BCUT2D eigenvalue weighted by atomic mass is 10.1. The summed E-state index contributed by atoms with van der Waals surface area (Å²) in [5.74, 6) is -7.39. The number of primary amides is 1. The van der Waals surface area contributed by atoms with Crippen molar-refractivity contribution < 1.29 is 52.7 Å². The quantitative estimate of drug-likeness (QED) is 0.0407. The molecule has 7 atom stereocenters. The fraction of sp³-hybridized carbons (Fsp3) is 0.656. The summed E-state index contributed by atoms with van der Waals surface area (Å²) < 4.78 is 0. The van der Waals surface area contributed by atoms with Crippen LogP contribution < -0.4 is 64.6 Å². The van der Waals surface area contributed by atoms with E-state index >= 15 is 0 Å². The van der Waals surface area contributed by atoms with Gasteiger partial charge in [0.25, 0.3) is 0 Å². The molecule has 55 heavy (non-hydrogen) atoms. The number of unbranched alkanes of at least 4 members (excludes halogenated alkanes) is 1. The normalized spacial score (nSPS) is 14.3. The highest BCUT2D eigenvalue weighted by molar-refractivity contribution is 5.97. The molecule has 0 rings (SSSR count). The third kappa shape index (κ3) is 20.8. The standard InChI is InChI=1S/C32H56N12O11/c1-15(26(34)49)39-28(51)17(3)41-30(53)19(5)43-32(55)22(10-8-9-11-35-24(47)13-37-25(48)14-36-23(46)12-33)44-31(54)20(6)42-29(52)18(4)40-27(50)16(2)38-21(7)45/h15-20,22H,8-14,33H2,1-7H3,(H2,34,49)(H,35,47)(H,36,46)(H,37,48)(H,38,45)(H,39,51)(H,40,50)(H,41,53)(H,42,52)(H,43,55)(H,44,54)/t15-,16-,17-,18-,19-,20-,22-/m0/s1. The predicted octanol–water partition coefficient (Wildman–Crippen LogP) is -6.52. The molecule has 0 saturated carbocycles. The maximum Gasteiger partial charge on any atom is 0.243 e. The maximum atomic E-state index is 13.3. The Morgan fingerprint density at radius 1 is 0.455 bits per heavy atom. The van der Waals surface area contributed by atoms with Crippen LogP contribution in [0, 0.1) is 0 Å². The van der Waals surface area contributed by atoms with Crippen molar-refractivity contribution in [1.29, 1.82) is 0 Å². The van der Waals surface area contributed by atoms with Gasteiger partial charge in [-0.3, -0.25) is 52.7 Å². The van der Waals surface area contributed by atoms with E-state index < -0.39 is 107 Å². The molecule has 0 aliphatic heterocycles. The average Bonchev–Trinajstić information content (AvgIpc) is 3.11. The van der Waals surface area contributed by atoms with Crippen LogP contribution in [0.3, 0.4) is 0 Å². The highest BCUT2D eigenvalue weighted by atomic mass is 16.2. The molecule has 0 aliphatic rings. The molecular formula is C32H56N12O11. The van der Waals surface area contributed by atoms with Gasteiger partial charge in [0.05, 0.1) is 19.6 Å². The SMILES string of the molecule is CC(=O)N[C@@H](C)C(=O)N[C@@H](C)C(=O)N[C@@H](C)C(=O)N[C@@H](CCCCNC(=O)CNC(=O)CNC(=O)CN)C(=O)N[C@@H](C)C(=O)N[C@@H](C)C(=O)N[C@@H](C)C(N)=O. The Bertz CT molecular complexity index is 1430. The summed E-state index contributed by atoms with van der Waals surface area (Å²) >= 11 is 0. The Balaban J connectivity index is 5.45. The maximum absolute atomic E-state index is 13.3. The van der Waals surface area contributed by atoms with Crippen LogP contribution in [-0.2, 0) is 52.7 Å². The summed E-state index contributed by atoms with van der Waals surface area (Å²) in [6.07, 6.45) is 0.554. The first-order chi connectivity index (χ1) is 25.6. The largest absolute Gasteiger partial charge is 0.368 e. The van der Waals surface area contributed by atoms with Crippen LogP contribution in [-0.4, -0.2) is 133 Å². The summed E-state index contributed by atoms with van der Waals surface area (Å²) in [5.41, 5.74) is 10.3. The second-order valence-corrected chi connectivity index (χ2v) is 12.6. The molecule has 0 aromatic rings. The summed E-state index contributed by atoms with van der Waals surface area (Å²) in [6, 6.07) is -7.84. The van der Waals surface area contributed by atoms with Gasteiger partial charge in [-0.05, 0) is 60.8 Å². The molecule has 0 saturated heterocycles. The first-order valence-electron chi connectivity index (χ1n) is 17.5. The zero-order chi connectivity index (χ0) is 42.4. The van der Waals surface area contributed by atoms with Crippen LogP contribution in [0.15, 0.2) is 0 Å². The molecule has 0 aromatic heterocycles. The van der Waals surface area contributed by atoms with Crippen molar-refractivity contribution in [2.24, 2.45) is 11.5 Å². The first kappa shape index (κ1) is 49.1. The zero-order valence-electron chi connectivity index (χ0n) is 32.1. The summed E-state index contributed by atoms with van der Waals surface area (Å²) in [6.45, 7) is 8.45. The van der Waals surface area contributed by atoms with Gasteiger partial charge < -0.3 is 64.6 Å². The van der Waals surface area contributed by atoms with Crippen molar-refractivity contribution in [3.05, 3.63) is 0 Å². The fourth-order valence-corrected chi connectivity index (χ4v) is 4.19. The van der Waals surface area contributed by atoms with Gasteiger partial charge in [-0.15, -0.1) is 0 Å². The van der Waals surface area contributed by atoms with Crippen molar-refractivity contribution in [2.45, 2.75) is 110 Å². The minimum absolute atomic E-state index is 0.00264. The van der Waals surface area contributed by atoms with E-state index in [-0.39, 0.29) is 39.0 Å². The second kappa shape index (κ2) is 25.2. The monoisotopic (exact) mass is 784 g/mol. The Morgan fingerprint density at radius 2 is 0.818 bits per heavy atom. The predicted molar refractivity (Wildman–Crippen MR) is 194 cm³/mol. The van der Waals surface area contributed by atoms with Crippen molar-refractivity contribution in [2.75, 3.05) is 26.2 Å². The summed E-state index contributed by atoms with van der Waals surface area (Å²) in [5, 5.41) is 24.1. The minimum Gasteiger partial charge on any atom is -0.368 e. The molecule has 11 amide bonds. The topological polar surface area (TPSA) is 360 Å². The molecule has 0 bridgehead atoms. The van der Waals surface area contributed by atoms with Gasteiger partial charge in [0.1, 0.15) is 42.3 Å². The number of carbonyl (C=O) groups is 11. The van der Waals surface area contributed by atoms with E-state index in [4.69, 9.17) is 11.5 Å². The van der Waals surface area contributed by atoms with Crippen LogP contribution in [0.1, 0.15) is 67.7 Å². The van der Waals surface area contributed by atoms with E-state index in [1.807, 2.05) is 0 Å². The lowest BCUT2D eigenvalue weighted by Gasteiger charge is -2.24. The van der Waals surface area contributed by atoms with Crippen LogP contribution in [0.25, 0.3) is 0 Å². The fourth-order valence-electron chi connectivity index (χ4n) is 4.19.